The van der Waals surface area contributed by atoms with Gasteiger partial charge in [-0.25, -0.2) is 9.59 Å². The minimum Gasteiger partial charge on any atom is -0.489 e. The van der Waals surface area contributed by atoms with Gasteiger partial charge in [-0.2, -0.15) is 0 Å². The first-order valence-electron chi connectivity index (χ1n) is 14.8. The summed E-state index contributed by atoms with van der Waals surface area (Å²) < 4.78 is 21.1. The lowest BCUT2D eigenvalue weighted by atomic mass is 9.98. The van der Waals surface area contributed by atoms with Gasteiger partial charge in [-0.3, -0.25) is 0 Å². The highest BCUT2D eigenvalue weighted by atomic mass is 16.5. The van der Waals surface area contributed by atoms with Crippen molar-refractivity contribution in [2.24, 2.45) is 0 Å². The van der Waals surface area contributed by atoms with Crippen LogP contribution in [-0.2, 0) is 32.3 Å². The molecule has 0 aliphatic rings. The first kappa shape index (κ1) is 31.5. The first-order valence-corrected chi connectivity index (χ1v) is 14.8. The van der Waals surface area contributed by atoms with Crippen LogP contribution >= 0.6 is 0 Å². The van der Waals surface area contributed by atoms with E-state index in [0.717, 1.165) is 56.0 Å². The summed E-state index contributed by atoms with van der Waals surface area (Å²) in [5, 5.41) is 0. The average Bonchev–Trinajstić information content (AvgIpc) is 3.12. The molecule has 0 aliphatic carbocycles. The minimum atomic E-state index is -0.388. The van der Waals surface area contributed by atoms with E-state index in [1.165, 1.54) is 26.4 Å². The van der Waals surface area contributed by atoms with Gasteiger partial charge in [0.05, 0.1) is 14.2 Å². The topological polar surface area (TPSA) is 71.1 Å². The van der Waals surface area contributed by atoms with Crippen molar-refractivity contribution in [1.29, 1.82) is 0 Å². The van der Waals surface area contributed by atoms with Gasteiger partial charge < -0.3 is 18.9 Å². The number of rotatable bonds is 12. The van der Waals surface area contributed by atoms with E-state index >= 15 is 0 Å². The Morgan fingerprint density at radius 3 is 1.26 bits per heavy atom. The highest BCUT2D eigenvalue weighted by Gasteiger charge is 2.05. The van der Waals surface area contributed by atoms with Gasteiger partial charge in [0.2, 0.25) is 0 Å². The van der Waals surface area contributed by atoms with Gasteiger partial charge in [0.25, 0.3) is 0 Å². The monoisotopic (exact) mass is 610 g/mol. The van der Waals surface area contributed by atoms with E-state index in [1.54, 1.807) is 12.2 Å². The quantitative estimate of drug-likeness (QED) is 0.104. The lowest BCUT2D eigenvalue weighted by molar-refractivity contribution is -0.135. The van der Waals surface area contributed by atoms with Crippen LogP contribution in [0.4, 0.5) is 0 Å². The van der Waals surface area contributed by atoms with E-state index in [2.05, 4.69) is 82.3 Å². The Morgan fingerprint density at radius 2 is 0.891 bits per heavy atom. The Hall–Kier alpha value is -5.88. The molecule has 5 aromatic carbocycles. The van der Waals surface area contributed by atoms with Crippen LogP contribution in [0.1, 0.15) is 22.3 Å². The van der Waals surface area contributed by atoms with Crippen molar-refractivity contribution in [3.8, 4) is 33.8 Å². The Labute approximate surface area is 269 Å². The maximum absolute atomic E-state index is 11.3. The molecule has 0 spiro atoms. The lowest BCUT2D eigenvalue weighted by Crippen LogP contribution is -1.96. The number of hydrogen-bond acceptors (Lipinski definition) is 6. The normalized spacial score (nSPS) is 11.0. The van der Waals surface area contributed by atoms with E-state index in [0.29, 0.717) is 13.2 Å². The standard InChI is InChI=1S/C40H34O6/c1-43-39(41)24-14-29-10-20-37(21-11-29)45-27-31-6-16-33(17-7-31)35-4-3-5-36(26-35)34-18-8-32(9-19-34)28-46-38-22-12-30(13-23-38)15-25-40(42)44-2/h3-26H,27-28H2,1-2H3/b24-14+,25-15+. The van der Waals surface area contributed by atoms with Crippen LogP contribution in [0.25, 0.3) is 34.4 Å². The summed E-state index contributed by atoms with van der Waals surface area (Å²) in [5.41, 5.74) is 8.45. The zero-order valence-corrected chi connectivity index (χ0v) is 25.7. The van der Waals surface area contributed by atoms with E-state index in [4.69, 9.17) is 9.47 Å². The summed E-state index contributed by atoms with van der Waals surface area (Å²) in [6, 6.07) is 40.4. The average molecular weight is 611 g/mol. The van der Waals surface area contributed by atoms with Gasteiger partial charge in [0.1, 0.15) is 24.7 Å². The van der Waals surface area contributed by atoms with Crippen molar-refractivity contribution in [2.75, 3.05) is 14.2 Å². The predicted molar refractivity (Wildman–Crippen MR) is 181 cm³/mol. The number of esters is 2. The van der Waals surface area contributed by atoms with Crippen LogP contribution in [0.5, 0.6) is 11.5 Å². The molecule has 0 atom stereocenters. The van der Waals surface area contributed by atoms with Crippen molar-refractivity contribution in [1.82, 2.24) is 0 Å². The van der Waals surface area contributed by atoms with Crippen LogP contribution in [-0.4, -0.2) is 26.2 Å². The molecule has 0 fully saturated rings. The fraction of sp³-hybridized carbons (Fsp3) is 0.100. The molecule has 230 valence electrons. The fourth-order valence-electron chi connectivity index (χ4n) is 4.61. The van der Waals surface area contributed by atoms with Gasteiger partial charge in [-0.05, 0) is 87.0 Å². The third-order valence-corrected chi connectivity index (χ3v) is 7.23. The summed E-state index contributed by atoms with van der Waals surface area (Å²) in [6.07, 6.45) is 6.18. The predicted octanol–water partition coefficient (Wildman–Crippen LogP) is 8.55. The van der Waals surface area contributed by atoms with E-state index in [1.807, 2.05) is 48.5 Å². The zero-order chi connectivity index (χ0) is 32.1. The largest absolute Gasteiger partial charge is 0.489 e. The molecule has 0 bridgehead atoms. The van der Waals surface area contributed by atoms with Gasteiger partial charge in [-0.15, -0.1) is 0 Å². The van der Waals surface area contributed by atoms with Gasteiger partial charge in [0.15, 0.2) is 0 Å². The Bertz CT molecular complexity index is 1670. The molecule has 0 aliphatic heterocycles. The van der Waals surface area contributed by atoms with E-state index in [-0.39, 0.29) is 11.9 Å². The molecule has 0 saturated heterocycles. The fourth-order valence-corrected chi connectivity index (χ4v) is 4.61. The second-order valence-corrected chi connectivity index (χ2v) is 10.4. The summed E-state index contributed by atoms with van der Waals surface area (Å²) in [6.45, 7) is 0.904. The summed E-state index contributed by atoms with van der Waals surface area (Å²) in [4.78, 5) is 22.5. The third-order valence-electron chi connectivity index (χ3n) is 7.23. The number of ether oxygens (including phenoxy) is 4. The molecule has 6 nitrogen and oxygen atoms in total. The number of carbonyl (C=O) groups excluding carboxylic acids is 2. The first-order chi connectivity index (χ1) is 22.5. The number of carbonyl (C=O) groups is 2. The van der Waals surface area contributed by atoms with Crippen LogP contribution in [0.3, 0.4) is 0 Å². The lowest BCUT2D eigenvalue weighted by Gasteiger charge is -2.10. The Morgan fingerprint density at radius 1 is 0.500 bits per heavy atom. The molecule has 6 heteroatoms. The molecule has 5 rings (SSSR count). The maximum Gasteiger partial charge on any atom is 0.330 e. The molecule has 0 radical (unpaired) electrons. The van der Waals surface area contributed by atoms with Crippen LogP contribution in [0, 0.1) is 0 Å². The zero-order valence-electron chi connectivity index (χ0n) is 25.7. The molecule has 46 heavy (non-hydrogen) atoms. The molecule has 0 amide bonds. The van der Waals surface area contributed by atoms with Crippen molar-refractivity contribution in [3.63, 3.8) is 0 Å². The van der Waals surface area contributed by atoms with Crippen molar-refractivity contribution in [3.05, 3.63) is 156 Å². The highest BCUT2D eigenvalue weighted by Crippen LogP contribution is 2.27. The Kier molecular flexibility index (Phi) is 10.8. The van der Waals surface area contributed by atoms with Crippen molar-refractivity contribution >= 4 is 24.1 Å². The van der Waals surface area contributed by atoms with Gasteiger partial charge >= 0.3 is 11.9 Å². The van der Waals surface area contributed by atoms with Crippen LogP contribution < -0.4 is 9.47 Å². The summed E-state index contributed by atoms with van der Waals surface area (Å²) in [5.74, 6) is 0.732. The number of methoxy groups -OCH3 is 2. The smallest absolute Gasteiger partial charge is 0.330 e. The van der Waals surface area contributed by atoms with E-state index < -0.39 is 0 Å². The summed E-state index contributed by atoms with van der Waals surface area (Å²) >= 11 is 0. The molecule has 0 N–H and O–H groups in total. The van der Waals surface area contributed by atoms with Gasteiger partial charge in [0, 0.05) is 12.2 Å². The third kappa shape index (κ3) is 9.07. The summed E-state index contributed by atoms with van der Waals surface area (Å²) in [7, 11) is 2.71. The van der Waals surface area contributed by atoms with E-state index in [9.17, 15) is 9.59 Å². The highest BCUT2D eigenvalue weighted by molar-refractivity contribution is 5.87. The maximum atomic E-state index is 11.3. The molecule has 0 saturated carbocycles. The number of hydrogen-bond donors (Lipinski definition) is 0. The van der Waals surface area contributed by atoms with Crippen LogP contribution in [0.2, 0.25) is 0 Å². The molecular formula is C40H34O6. The van der Waals surface area contributed by atoms with Gasteiger partial charge in [-0.1, -0.05) is 91.0 Å². The van der Waals surface area contributed by atoms with Crippen molar-refractivity contribution < 1.29 is 28.5 Å². The SMILES string of the molecule is COC(=O)/C=C/c1ccc(OCc2ccc(-c3cccc(-c4ccc(COc5ccc(/C=C/C(=O)OC)cc5)cc4)c3)cc2)cc1. The molecule has 5 aromatic rings. The minimum absolute atomic E-state index is 0.388. The van der Waals surface area contributed by atoms with Crippen LogP contribution in [0.15, 0.2) is 133 Å². The molecule has 0 heterocycles. The molecular weight excluding hydrogens is 576 g/mol. The Balaban J connectivity index is 1.14. The number of benzene rings is 5. The second kappa shape index (κ2) is 15.7. The second-order valence-electron chi connectivity index (χ2n) is 10.4. The molecule has 0 unspecified atom stereocenters. The molecule has 0 aromatic heterocycles. The van der Waals surface area contributed by atoms with Crippen molar-refractivity contribution in [2.45, 2.75) is 13.2 Å².